The van der Waals surface area contributed by atoms with E-state index in [2.05, 4.69) is 18.8 Å². The Morgan fingerprint density at radius 3 is 2.64 bits per heavy atom. The molecule has 0 aliphatic heterocycles. The van der Waals surface area contributed by atoms with Crippen molar-refractivity contribution in [2.24, 2.45) is 0 Å². The average Bonchev–Trinajstić information content (AvgIpc) is 2.73. The van der Waals surface area contributed by atoms with Crippen LogP contribution in [0.15, 0.2) is 6.20 Å². The highest BCUT2D eigenvalue weighted by Gasteiger charge is 2.35. The fraction of sp³-hybridized carbons (Fsp3) is 0.200. The maximum absolute atomic E-state index is 12.1. The third-order valence-corrected chi connectivity index (χ3v) is 1.82. The van der Waals surface area contributed by atoms with Gasteiger partial charge in [0.2, 0.25) is 11.6 Å². The van der Waals surface area contributed by atoms with Crippen molar-refractivity contribution in [3.63, 3.8) is 0 Å². The molecule has 2 rings (SSSR count). The molecule has 9 heteroatoms. The largest absolute Gasteiger partial charge is 0.451 e. The van der Waals surface area contributed by atoms with Crippen molar-refractivity contribution in [1.82, 2.24) is 23.9 Å². The van der Waals surface area contributed by atoms with Gasteiger partial charge in [0.15, 0.2) is 0 Å². The van der Waals surface area contributed by atoms with Crippen LogP contribution in [0.25, 0.3) is 11.5 Å². The topological polar surface area (TPSA) is 67.3 Å². The lowest BCUT2D eigenvalue weighted by Crippen LogP contribution is -2.07. The highest BCUT2D eigenvalue weighted by molar-refractivity contribution is 6.99. The summed E-state index contributed by atoms with van der Waals surface area (Å²) in [6, 6.07) is 0. The average molecular weight is 221 g/mol. The van der Waals surface area contributed by atoms with E-state index in [0.29, 0.717) is 0 Å². The summed E-state index contributed by atoms with van der Waals surface area (Å²) in [6.07, 6.45) is -3.22. The van der Waals surface area contributed by atoms with Crippen molar-refractivity contribution in [1.29, 1.82) is 0 Å². The van der Waals surface area contributed by atoms with E-state index >= 15 is 0 Å². The van der Waals surface area contributed by atoms with Gasteiger partial charge in [-0.15, -0.1) is 0 Å². The molecule has 0 amide bonds. The second kappa shape index (κ2) is 3.01. The number of aromatic nitrogens is 5. The lowest BCUT2D eigenvalue weighted by molar-refractivity contribution is -0.144. The molecule has 0 aliphatic carbocycles. The second-order valence-electron chi connectivity index (χ2n) is 2.30. The standard InChI is InChI=1S/C5H2F3N5S/c6-5(7,8)4-10-3(11-12-4)2-1-9-14-13-2/h1H,(H,10,11,12). The molecule has 0 saturated heterocycles. The molecule has 1 N–H and O–H groups in total. The summed E-state index contributed by atoms with van der Waals surface area (Å²) in [5, 5.41) is 5.16. The number of hydrogen-bond acceptors (Lipinski definition) is 5. The Hall–Kier alpha value is -1.51. The van der Waals surface area contributed by atoms with Crippen LogP contribution >= 0.6 is 11.7 Å². The minimum atomic E-state index is -4.52. The van der Waals surface area contributed by atoms with Gasteiger partial charge in [-0.05, 0) is 0 Å². The molecule has 2 aromatic heterocycles. The molecule has 0 bridgehead atoms. The summed E-state index contributed by atoms with van der Waals surface area (Å²) >= 11 is 0.876. The number of nitrogens with zero attached hydrogens (tertiary/aromatic N) is 4. The number of nitrogens with one attached hydrogen (secondary N) is 1. The van der Waals surface area contributed by atoms with Crippen LogP contribution in [0.3, 0.4) is 0 Å². The zero-order valence-electron chi connectivity index (χ0n) is 6.41. The van der Waals surface area contributed by atoms with Crippen molar-refractivity contribution < 1.29 is 13.2 Å². The number of alkyl halides is 3. The Balaban J connectivity index is 2.36. The van der Waals surface area contributed by atoms with Crippen LogP contribution in [0.5, 0.6) is 0 Å². The third-order valence-electron chi connectivity index (χ3n) is 1.34. The lowest BCUT2D eigenvalue weighted by atomic mass is 10.4. The number of halogens is 3. The highest BCUT2D eigenvalue weighted by Crippen LogP contribution is 2.26. The van der Waals surface area contributed by atoms with Crippen molar-refractivity contribution in [3.8, 4) is 11.5 Å². The lowest BCUT2D eigenvalue weighted by Gasteiger charge is -1.97. The fourth-order valence-electron chi connectivity index (χ4n) is 0.766. The molecular formula is C5H2F3N5S. The van der Waals surface area contributed by atoms with E-state index in [0.717, 1.165) is 11.7 Å². The van der Waals surface area contributed by atoms with Gasteiger partial charge in [0.05, 0.1) is 17.9 Å². The van der Waals surface area contributed by atoms with Gasteiger partial charge in [0.25, 0.3) is 0 Å². The highest BCUT2D eigenvalue weighted by atomic mass is 32.1. The van der Waals surface area contributed by atoms with E-state index in [-0.39, 0.29) is 11.5 Å². The zero-order chi connectivity index (χ0) is 10.2. The molecule has 0 spiro atoms. The van der Waals surface area contributed by atoms with Gasteiger partial charge >= 0.3 is 6.18 Å². The number of rotatable bonds is 1. The monoisotopic (exact) mass is 221 g/mol. The molecule has 2 aromatic rings. The van der Waals surface area contributed by atoms with Crippen LogP contribution in [0.1, 0.15) is 5.82 Å². The predicted molar refractivity (Wildman–Crippen MR) is 40.3 cm³/mol. The van der Waals surface area contributed by atoms with Crippen molar-refractivity contribution >= 4 is 11.7 Å². The number of hydrogen-bond donors (Lipinski definition) is 1. The first-order valence-corrected chi connectivity index (χ1v) is 4.08. The minimum absolute atomic E-state index is 0.105. The first-order valence-electron chi connectivity index (χ1n) is 3.35. The van der Waals surface area contributed by atoms with Gasteiger partial charge in [0, 0.05) is 0 Å². The minimum Gasteiger partial charge on any atom is -0.255 e. The maximum Gasteiger partial charge on any atom is 0.451 e. The smallest absolute Gasteiger partial charge is 0.255 e. The zero-order valence-corrected chi connectivity index (χ0v) is 7.22. The molecule has 0 fully saturated rings. The van der Waals surface area contributed by atoms with E-state index in [1.54, 1.807) is 5.10 Å². The quantitative estimate of drug-likeness (QED) is 0.789. The summed E-state index contributed by atoms with van der Waals surface area (Å²) in [5.41, 5.74) is 0.224. The molecule has 0 saturated carbocycles. The summed E-state index contributed by atoms with van der Waals surface area (Å²) in [4.78, 5) is 3.24. The van der Waals surface area contributed by atoms with E-state index in [1.165, 1.54) is 6.20 Å². The van der Waals surface area contributed by atoms with E-state index in [4.69, 9.17) is 0 Å². The molecule has 0 radical (unpaired) electrons. The molecule has 74 valence electrons. The SMILES string of the molecule is FC(F)(F)c1nc(-c2cnsn2)n[nH]1. The summed E-state index contributed by atoms with van der Waals surface area (Å²) in [7, 11) is 0. The summed E-state index contributed by atoms with van der Waals surface area (Å²) < 4.78 is 43.6. The summed E-state index contributed by atoms with van der Waals surface area (Å²) in [5.74, 6) is -1.24. The van der Waals surface area contributed by atoms with Gasteiger partial charge in [-0.1, -0.05) is 0 Å². The van der Waals surface area contributed by atoms with Crippen LogP contribution < -0.4 is 0 Å². The molecule has 0 atom stereocenters. The van der Waals surface area contributed by atoms with Crippen LogP contribution in [-0.2, 0) is 6.18 Å². The van der Waals surface area contributed by atoms with Gasteiger partial charge in [0.1, 0.15) is 5.69 Å². The van der Waals surface area contributed by atoms with E-state index in [1.807, 2.05) is 0 Å². The fourth-order valence-corrected chi connectivity index (χ4v) is 1.18. The Kier molecular flexibility index (Phi) is 1.95. The van der Waals surface area contributed by atoms with E-state index in [9.17, 15) is 13.2 Å². The normalized spacial score (nSPS) is 11.9. The van der Waals surface area contributed by atoms with Gasteiger partial charge < -0.3 is 0 Å². The Morgan fingerprint density at radius 2 is 2.14 bits per heavy atom. The van der Waals surface area contributed by atoms with Crippen molar-refractivity contribution in [2.75, 3.05) is 0 Å². The molecule has 5 nitrogen and oxygen atoms in total. The van der Waals surface area contributed by atoms with Crippen molar-refractivity contribution in [3.05, 3.63) is 12.0 Å². The summed E-state index contributed by atoms with van der Waals surface area (Å²) in [6.45, 7) is 0. The van der Waals surface area contributed by atoms with Gasteiger partial charge in [-0.2, -0.15) is 27.0 Å². The molecule has 0 aromatic carbocycles. The molecule has 0 unspecified atom stereocenters. The maximum atomic E-state index is 12.1. The van der Waals surface area contributed by atoms with Crippen molar-refractivity contribution in [2.45, 2.75) is 6.18 Å². The van der Waals surface area contributed by atoms with Gasteiger partial charge in [-0.3, -0.25) is 5.10 Å². The Bertz CT molecular complexity index is 419. The molecular weight excluding hydrogens is 219 g/mol. The van der Waals surface area contributed by atoms with Crippen LogP contribution in [0.4, 0.5) is 13.2 Å². The molecule has 14 heavy (non-hydrogen) atoms. The Labute approximate surface area is 79.3 Å². The third kappa shape index (κ3) is 1.58. The van der Waals surface area contributed by atoms with Crippen LogP contribution in [0.2, 0.25) is 0 Å². The molecule has 2 heterocycles. The predicted octanol–water partition coefficient (Wildman–Crippen LogP) is 1.34. The van der Waals surface area contributed by atoms with Crippen LogP contribution in [0, 0.1) is 0 Å². The Morgan fingerprint density at radius 1 is 1.36 bits per heavy atom. The van der Waals surface area contributed by atoms with Gasteiger partial charge in [-0.25, -0.2) is 4.98 Å². The second-order valence-corrected chi connectivity index (χ2v) is 2.85. The molecule has 0 aliphatic rings. The first kappa shape index (κ1) is 9.06. The first-order chi connectivity index (χ1) is 6.57. The van der Waals surface area contributed by atoms with E-state index < -0.39 is 12.0 Å². The number of H-pyrrole nitrogens is 1. The van der Waals surface area contributed by atoms with Crippen LogP contribution in [-0.4, -0.2) is 23.9 Å². The number of aromatic amines is 1.